The molecule has 1 aliphatic rings. The number of nitrogens with one attached hydrogen (secondary N) is 5. The minimum atomic E-state index is -2.88. The van der Waals surface area contributed by atoms with Gasteiger partial charge in [-0.25, -0.2) is 23.2 Å². The van der Waals surface area contributed by atoms with Crippen LogP contribution in [0.2, 0.25) is 0 Å². The molecule has 0 aliphatic carbocycles. The van der Waals surface area contributed by atoms with Gasteiger partial charge in [0, 0.05) is 40.3 Å². The summed E-state index contributed by atoms with van der Waals surface area (Å²) in [5.41, 5.74) is 2.89. The molecule has 1 aliphatic heterocycles. The highest BCUT2D eigenvalue weighted by atomic mass is 32.2. The van der Waals surface area contributed by atoms with Crippen LogP contribution in [0, 0.1) is 10.6 Å². The molecule has 1 aromatic heterocycles. The Hall–Kier alpha value is -4.51. The van der Waals surface area contributed by atoms with Crippen LogP contribution < -0.4 is 21.3 Å². The highest BCUT2D eigenvalue weighted by molar-refractivity contribution is 7.92. The van der Waals surface area contributed by atoms with E-state index in [9.17, 15) is 13.4 Å². The van der Waals surface area contributed by atoms with Crippen LogP contribution in [0.25, 0.3) is 11.1 Å². The summed E-state index contributed by atoms with van der Waals surface area (Å²) in [4.78, 5) is 21.9. The molecule has 5 N–H and O–H groups in total. The summed E-state index contributed by atoms with van der Waals surface area (Å²) < 4.78 is 35.0. The van der Waals surface area contributed by atoms with Gasteiger partial charge in [-0.2, -0.15) is 4.98 Å². The largest absolute Gasteiger partial charge is 0.369 e. The Bertz CT molecular complexity index is 1580. The van der Waals surface area contributed by atoms with Crippen LogP contribution in [0.4, 0.5) is 38.0 Å². The number of carbonyl (C=O) groups is 1. The molecular formula is C27H26FN7O2S. The molecule has 38 heavy (non-hydrogen) atoms. The zero-order valence-corrected chi connectivity index (χ0v) is 21.1. The summed E-state index contributed by atoms with van der Waals surface area (Å²) in [6.45, 7) is 0.590. The molecule has 3 aromatic carbocycles. The first-order valence-corrected chi connectivity index (χ1v) is 13.8. The molecule has 0 radical (unpaired) electrons. The van der Waals surface area contributed by atoms with Gasteiger partial charge in [0.05, 0.1) is 15.4 Å². The summed E-state index contributed by atoms with van der Waals surface area (Å²) in [7, 11) is -2.88. The van der Waals surface area contributed by atoms with Gasteiger partial charge in [-0.05, 0) is 60.9 Å². The Morgan fingerprint density at radius 2 is 1.82 bits per heavy atom. The van der Waals surface area contributed by atoms with Crippen LogP contribution >= 0.6 is 0 Å². The number of urea groups is 1. The number of benzene rings is 3. The fourth-order valence-electron chi connectivity index (χ4n) is 4.03. The SMILES string of the molecule is N=S1(=O)CCCCNc2nc(ncc2-c2ccc(NC(=O)Nc3ccccc3F)cc2)Nc2cccc1c2. The standard InChI is InChI=1S/C27H26FN7O2S/c28-23-8-1-2-9-24(23)34-27(36)33-19-12-10-18(11-13-19)22-17-31-26-32-20-6-5-7-21(16-20)38(29,37)15-4-3-14-30-25(22)35-26/h1-2,5-13,16-17,29H,3-4,14-15H2,(H2,33,34,36)(H2,30,31,32,35). The van der Waals surface area contributed by atoms with Crippen molar-refractivity contribution in [2.75, 3.05) is 33.6 Å². The van der Waals surface area contributed by atoms with Crippen LogP contribution in [-0.2, 0) is 9.73 Å². The molecular weight excluding hydrogens is 505 g/mol. The topological polar surface area (TPSA) is 132 Å². The number of fused-ring (bicyclic) bond motifs is 4. The van der Waals surface area contributed by atoms with Crippen LogP contribution in [0.1, 0.15) is 12.8 Å². The summed E-state index contributed by atoms with van der Waals surface area (Å²) >= 11 is 0. The van der Waals surface area contributed by atoms with E-state index >= 15 is 0 Å². The lowest BCUT2D eigenvalue weighted by molar-refractivity contribution is 0.262. The third kappa shape index (κ3) is 5.89. The Morgan fingerprint density at radius 1 is 1.00 bits per heavy atom. The average molecular weight is 532 g/mol. The minimum Gasteiger partial charge on any atom is -0.369 e. The van der Waals surface area contributed by atoms with Crippen molar-refractivity contribution in [3.05, 3.63) is 84.8 Å². The van der Waals surface area contributed by atoms with E-state index < -0.39 is 21.6 Å². The second kappa shape index (κ2) is 10.9. The first kappa shape index (κ1) is 25.2. The molecule has 4 aromatic rings. The van der Waals surface area contributed by atoms with Gasteiger partial charge < -0.3 is 21.3 Å². The number of hydrogen-bond donors (Lipinski definition) is 5. The maximum atomic E-state index is 13.8. The molecule has 9 nitrogen and oxygen atoms in total. The number of aromatic nitrogens is 2. The van der Waals surface area contributed by atoms with E-state index in [0.29, 0.717) is 41.0 Å². The fraction of sp³-hybridized carbons (Fsp3) is 0.148. The van der Waals surface area contributed by atoms with E-state index in [0.717, 1.165) is 17.5 Å². The molecule has 0 spiro atoms. The lowest BCUT2D eigenvalue weighted by atomic mass is 10.1. The number of amides is 2. The molecule has 1 unspecified atom stereocenters. The van der Waals surface area contributed by atoms with Gasteiger partial charge in [0.25, 0.3) is 0 Å². The number of anilines is 5. The minimum absolute atomic E-state index is 0.0929. The van der Waals surface area contributed by atoms with Crippen LogP contribution in [0.15, 0.2) is 83.9 Å². The maximum Gasteiger partial charge on any atom is 0.323 e. The van der Waals surface area contributed by atoms with Gasteiger partial charge in [0.1, 0.15) is 11.6 Å². The van der Waals surface area contributed by atoms with Gasteiger partial charge in [-0.3, -0.25) is 0 Å². The quantitative estimate of drug-likeness (QED) is 0.211. The highest BCUT2D eigenvalue weighted by Gasteiger charge is 2.15. The van der Waals surface area contributed by atoms with E-state index in [1.54, 1.807) is 48.7 Å². The number of carbonyl (C=O) groups excluding carboxylic acids is 1. The molecule has 0 fully saturated rings. The van der Waals surface area contributed by atoms with Crippen molar-refractivity contribution < 1.29 is 13.4 Å². The Balaban J connectivity index is 1.35. The van der Waals surface area contributed by atoms with Crippen molar-refractivity contribution in [3.63, 3.8) is 0 Å². The summed E-state index contributed by atoms with van der Waals surface area (Å²) in [6, 6.07) is 19.6. The highest BCUT2D eigenvalue weighted by Crippen LogP contribution is 2.29. The zero-order chi connectivity index (χ0) is 26.5. The number of rotatable bonds is 3. The van der Waals surface area contributed by atoms with Crippen molar-refractivity contribution in [3.8, 4) is 11.1 Å². The molecule has 0 saturated carbocycles. The molecule has 4 bridgehead atoms. The van der Waals surface area contributed by atoms with Gasteiger partial charge in [0.15, 0.2) is 0 Å². The van der Waals surface area contributed by atoms with Gasteiger partial charge in [0.2, 0.25) is 5.95 Å². The lowest BCUT2D eigenvalue weighted by Gasteiger charge is -2.14. The number of nitrogens with zero attached hydrogens (tertiary/aromatic N) is 2. The second-order valence-electron chi connectivity index (χ2n) is 8.76. The van der Waals surface area contributed by atoms with E-state index in [1.807, 2.05) is 18.2 Å². The fourth-order valence-corrected chi connectivity index (χ4v) is 5.49. The molecule has 2 heterocycles. The van der Waals surface area contributed by atoms with Crippen molar-refractivity contribution >= 4 is 44.6 Å². The van der Waals surface area contributed by atoms with E-state index in [4.69, 9.17) is 4.78 Å². The molecule has 11 heteroatoms. The monoisotopic (exact) mass is 531 g/mol. The van der Waals surface area contributed by atoms with Gasteiger partial charge in [-0.1, -0.05) is 30.3 Å². The van der Waals surface area contributed by atoms with Gasteiger partial charge >= 0.3 is 6.03 Å². The average Bonchev–Trinajstić information content (AvgIpc) is 2.91. The first-order chi connectivity index (χ1) is 18.4. The number of para-hydroxylation sites is 1. The van der Waals surface area contributed by atoms with Gasteiger partial charge in [-0.15, -0.1) is 0 Å². The maximum absolute atomic E-state index is 13.8. The predicted molar refractivity (Wildman–Crippen MR) is 148 cm³/mol. The molecule has 5 rings (SSSR count). The van der Waals surface area contributed by atoms with Crippen LogP contribution in [-0.4, -0.2) is 32.5 Å². The summed E-state index contributed by atoms with van der Waals surface area (Å²) in [5, 5.41) is 11.7. The Morgan fingerprint density at radius 3 is 2.63 bits per heavy atom. The smallest absolute Gasteiger partial charge is 0.323 e. The lowest BCUT2D eigenvalue weighted by Crippen LogP contribution is -2.20. The van der Waals surface area contributed by atoms with E-state index in [2.05, 4.69) is 31.2 Å². The van der Waals surface area contributed by atoms with Crippen LogP contribution in [0.3, 0.4) is 0 Å². The van der Waals surface area contributed by atoms with E-state index in [-0.39, 0.29) is 11.4 Å². The van der Waals surface area contributed by atoms with E-state index in [1.165, 1.54) is 12.1 Å². The normalized spacial score (nSPS) is 17.0. The molecule has 2 amide bonds. The Labute approximate surface area is 219 Å². The van der Waals surface area contributed by atoms with Crippen molar-refractivity contribution in [1.82, 2.24) is 9.97 Å². The molecule has 0 saturated heterocycles. The third-order valence-electron chi connectivity index (χ3n) is 5.99. The molecule has 1 atom stereocenters. The van der Waals surface area contributed by atoms with Crippen molar-refractivity contribution in [1.29, 1.82) is 4.78 Å². The zero-order valence-electron chi connectivity index (χ0n) is 20.3. The second-order valence-corrected chi connectivity index (χ2v) is 11.0. The summed E-state index contributed by atoms with van der Waals surface area (Å²) in [5.74, 6) is 0.765. The van der Waals surface area contributed by atoms with Crippen molar-refractivity contribution in [2.45, 2.75) is 17.7 Å². The van der Waals surface area contributed by atoms with Crippen LogP contribution in [0.5, 0.6) is 0 Å². The molecule has 194 valence electrons. The summed E-state index contributed by atoms with van der Waals surface area (Å²) in [6.07, 6.45) is 3.07. The first-order valence-electron chi connectivity index (χ1n) is 12.0. The number of hydrogen-bond acceptors (Lipinski definition) is 7. The Kier molecular flexibility index (Phi) is 7.18. The third-order valence-corrected chi connectivity index (χ3v) is 7.87. The van der Waals surface area contributed by atoms with Crippen molar-refractivity contribution in [2.24, 2.45) is 0 Å². The number of halogens is 1. The predicted octanol–water partition coefficient (Wildman–Crippen LogP) is 6.28.